The number of rotatable bonds is 12. The first kappa shape index (κ1) is 44.2. The lowest BCUT2D eigenvalue weighted by molar-refractivity contribution is 0.0592. The molecule has 0 aliphatic rings. The fourth-order valence-corrected chi connectivity index (χ4v) is 7.35. The van der Waals surface area contributed by atoms with Crippen molar-refractivity contribution in [2.24, 2.45) is 0 Å². The molecule has 6 aromatic rings. The molecule has 59 heavy (non-hydrogen) atoms. The van der Waals surface area contributed by atoms with Gasteiger partial charge >= 0.3 is 11.9 Å². The van der Waals surface area contributed by atoms with E-state index >= 15 is 0 Å². The van der Waals surface area contributed by atoms with Gasteiger partial charge in [-0.3, -0.25) is 13.8 Å². The van der Waals surface area contributed by atoms with Crippen molar-refractivity contribution < 1.29 is 49.7 Å². The Morgan fingerprint density at radius 3 is 1.49 bits per heavy atom. The van der Waals surface area contributed by atoms with E-state index in [2.05, 4.69) is 10.6 Å². The van der Waals surface area contributed by atoms with Crippen molar-refractivity contribution in [2.75, 3.05) is 36.4 Å². The Balaban J connectivity index is 0.000000224. The third kappa shape index (κ3) is 10.6. The summed E-state index contributed by atoms with van der Waals surface area (Å²) in [6, 6.07) is 13.2. The molecular formula is C42H38F4N2O9S2. The molecule has 0 saturated carbocycles. The van der Waals surface area contributed by atoms with Gasteiger partial charge in [0, 0.05) is 52.5 Å². The minimum absolute atomic E-state index is 0.00562. The van der Waals surface area contributed by atoms with Gasteiger partial charge in [-0.15, -0.1) is 0 Å². The number of hydrogen-bond acceptors (Lipinski definition) is 12. The van der Waals surface area contributed by atoms with Gasteiger partial charge in [0.25, 0.3) is 0 Å². The average Bonchev–Trinajstić information content (AvgIpc) is 3.18. The van der Waals surface area contributed by atoms with E-state index in [1.54, 1.807) is 26.8 Å². The van der Waals surface area contributed by atoms with E-state index in [-0.39, 0.29) is 55.1 Å². The number of carbonyl (C=O) groups is 2. The summed E-state index contributed by atoms with van der Waals surface area (Å²) in [5.74, 6) is -3.27. The van der Waals surface area contributed by atoms with E-state index in [1.165, 1.54) is 50.2 Å². The zero-order valence-corrected chi connectivity index (χ0v) is 34.1. The maximum absolute atomic E-state index is 13.5. The second kappa shape index (κ2) is 19.2. The standard InChI is InChI=1S/C21H19F2NO5S.C21H19F2NO4S/c1-4-30(27)19-10-18(25)17-6-12(21(26)28-3)5-16(20(17)29-19)11(2)24-15-8-13(22)7-14(23)9-15;1-4-29-19-10-18(25)17-6-12(21(26)27-3)5-16(20(17)28-19)11(2)24-15-8-13(22)7-14(23)9-15/h5-11,24H,4H2,1-3H3;5-11,24H,4H2,1-3H3. The van der Waals surface area contributed by atoms with Crippen LogP contribution in [0.4, 0.5) is 28.9 Å². The van der Waals surface area contributed by atoms with Crippen molar-refractivity contribution in [3.63, 3.8) is 0 Å². The van der Waals surface area contributed by atoms with Crippen molar-refractivity contribution in [3.05, 3.63) is 139 Å². The van der Waals surface area contributed by atoms with Crippen LogP contribution in [-0.4, -0.2) is 41.9 Å². The largest absolute Gasteiger partial charge is 0.465 e. The van der Waals surface area contributed by atoms with Crippen molar-refractivity contribution in [1.82, 2.24) is 0 Å². The third-order valence-electron chi connectivity index (χ3n) is 8.71. The average molecular weight is 855 g/mol. The Morgan fingerprint density at radius 2 is 1.08 bits per heavy atom. The van der Waals surface area contributed by atoms with Crippen LogP contribution in [0, 0.1) is 23.3 Å². The second-order valence-electron chi connectivity index (χ2n) is 12.8. The van der Waals surface area contributed by atoms with Crippen LogP contribution in [0.5, 0.6) is 0 Å². The summed E-state index contributed by atoms with van der Waals surface area (Å²) >= 11 is 1.37. The summed E-state index contributed by atoms with van der Waals surface area (Å²) in [5.41, 5.74) is 1.19. The first-order valence-corrected chi connectivity index (χ1v) is 20.2. The maximum atomic E-state index is 13.5. The lowest BCUT2D eigenvalue weighted by Crippen LogP contribution is -2.13. The molecule has 0 spiro atoms. The molecule has 0 amide bonds. The van der Waals surface area contributed by atoms with Gasteiger partial charge in [0.15, 0.2) is 21.0 Å². The normalized spacial score (nSPS) is 12.6. The lowest BCUT2D eigenvalue weighted by atomic mass is 10.0. The quantitative estimate of drug-likeness (QED) is 0.0685. The van der Waals surface area contributed by atoms with Crippen LogP contribution >= 0.6 is 11.8 Å². The Bertz CT molecular complexity index is 2660. The maximum Gasteiger partial charge on any atom is 0.337 e. The Kier molecular flexibility index (Phi) is 14.4. The molecule has 0 radical (unpaired) electrons. The summed E-state index contributed by atoms with van der Waals surface area (Å²) in [7, 11) is 0.935. The zero-order chi connectivity index (χ0) is 43.1. The number of nitrogens with one attached hydrogen (secondary N) is 2. The molecule has 17 heteroatoms. The van der Waals surface area contributed by atoms with E-state index < -0.39 is 63.5 Å². The van der Waals surface area contributed by atoms with E-state index in [4.69, 9.17) is 18.3 Å². The minimum atomic E-state index is -1.52. The SMILES string of the molecule is CCS(=O)c1cc(=O)c2cc(C(=O)OC)cc(C(C)Nc3cc(F)cc(F)c3)c2o1.CCSc1cc(=O)c2cc(C(=O)OC)cc(C(C)Nc3cc(F)cc(F)c3)c2o1. The topological polar surface area (TPSA) is 154 Å². The summed E-state index contributed by atoms with van der Waals surface area (Å²) in [5, 5.41) is 6.69. The van der Waals surface area contributed by atoms with Crippen LogP contribution in [0.2, 0.25) is 0 Å². The zero-order valence-electron chi connectivity index (χ0n) is 32.5. The molecule has 0 bridgehead atoms. The van der Waals surface area contributed by atoms with E-state index in [0.717, 1.165) is 42.5 Å². The van der Waals surface area contributed by atoms with Gasteiger partial charge < -0.3 is 28.9 Å². The molecule has 0 aliphatic heterocycles. The number of esters is 2. The minimum Gasteiger partial charge on any atom is -0.465 e. The smallest absolute Gasteiger partial charge is 0.337 e. The van der Waals surface area contributed by atoms with Gasteiger partial charge in [0.2, 0.25) is 0 Å². The van der Waals surface area contributed by atoms with Crippen LogP contribution < -0.4 is 21.5 Å². The van der Waals surface area contributed by atoms with Gasteiger partial charge in [0.1, 0.15) is 34.4 Å². The second-order valence-corrected chi connectivity index (χ2v) is 15.8. The fraction of sp³-hybridized carbons (Fsp3) is 0.238. The van der Waals surface area contributed by atoms with Crippen LogP contribution in [0.3, 0.4) is 0 Å². The van der Waals surface area contributed by atoms with Crippen LogP contribution in [0.25, 0.3) is 21.9 Å². The highest BCUT2D eigenvalue weighted by molar-refractivity contribution is 7.99. The highest BCUT2D eigenvalue weighted by Crippen LogP contribution is 2.32. The van der Waals surface area contributed by atoms with E-state index in [0.29, 0.717) is 27.6 Å². The Morgan fingerprint density at radius 1 is 0.661 bits per heavy atom. The fourth-order valence-electron chi connectivity index (χ4n) is 6.04. The molecule has 2 aromatic heterocycles. The highest BCUT2D eigenvalue weighted by atomic mass is 32.2. The number of carbonyl (C=O) groups excluding carboxylic acids is 2. The number of halogens is 4. The summed E-state index contributed by atoms with van der Waals surface area (Å²) in [6.07, 6.45) is 0. The van der Waals surface area contributed by atoms with Crippen LogP contribution in [0.1, 0.15) is 71.6 Å². The number of methoxy groups -OCH3 is 2. The van der Waals surface area contributed by atoms with Gasteiger partial charge in [-0.05, 0) is 68.1 Å². The molecule has 3 unspecified atom stereocenters. The monoisotopic (exact) mass is 854 g/mol. The Labute approximate surface area is 341 Å². The molecule has 0 aliphatic carbocycles. The van der Waals surface area contributed by atoms with Crippen molar-refractivity contribution in [3.8, 4) is 0 Å². The molecule has 4 aromatic carbocycles. The first-order valence-electron chi connectivity index (χ1n) is 17.9. The number of benzene rings is 4. The first-order chi connectivity index (χ1) is 28.0. The molecule has 310 valence electrons. The Hall–Kier alpha value is -5.94. The van der Waals surface area contributed by atoms with Gasteiger partial charge in [0.05, 0.1) is 59.0 Å². The number of hydrogen-bond donors (Lipinski definition) is 2. The number of fused-ring (bicyclic) bond motifs is 2. The molecule has 2 N–H and O–H groups in total. The molecule has 3 atom stereocenters. The molecule has 2 heterocycles. The predicted molar refractivity (Wildman–Crippen MR) is 218 cm³/mol. The molecule has 11 nitrogen and oxygen atoms in total. The molecular weight excluding hydrogens is 817 g/mol. The predicted octanol–water partition coefficient (Wildman–Crippen LogP) is 9.30. The van der Waals surface area contributed by atoms with Crippen LogP contribution in [0.15, 0.2) is 101 Å². The molecule has 0 saturated heterocycles. The van der Waals surface area contributed by atoms with E-state index in [1.807, 2.05) is 6.92 Å². The lowest BCUT2D eigenvalue weighted by Gasteiger charge is -2.18. The van der Waals surface area contributed by atoms with Crippen molar-refractivity contribution >= 4 is 67.8 Å². The highest BCUT2D eigenvalue weighted by Gasteiger charge is 2.22. The van der Waals surface area contributed by atoms with E-state index in [9.17, 15) is 40.9 Å². The summed E-state index contributed by atoms with van der Waals surface area (Å²) in [6.45, 7) is 7.02. The molecule has 0 fully saturated rings. The van der Waals surface area contributed by atoms with Gasteiger partial charge in [-0.1, -0.05) is 25.6 Å². The number of anilines is 2. The summed E-state index contributed by atoms with van der Waals surface area (Å²) < 4.78 is 87.6. The number of ether oxygens (including phenoxy) is 2. The summed E-state index contributed by atoms with van der Waals surface area (Å²) in [4.78, 5) is 49.4. The third-order valence-corrected chi connectivity index (χ3v) is 10.7. The van der Waals surface area contributed by atoms with Crippen LogP contribution in [-0.2, 0) is 20.3 Å². The van der Waals surface area contributed by atoms with Gasteiger partial charge in [-0.25, -0.2) is 27.2 Å². The molecule has 6 rings (SSSR count). The van der Waals surface area contributed by atoms with Gasteiger partial charge in [-0.2, -0.15) is 0 Å². The van der Waals surface area contributed by atoms with Crippen molar-refractivity contribution in [1.29, 1.82) is 0 Å². The van der Waals surface area contributed by atoms with Crippen molar-refractivity contribution in [2.45, 2.75) is 50.0 Å². The number of thioether (sulfide) groups is 1.